The molecule has 0 amide bonds. The Morgan fingerprint density at radius 1 is 1.40 bits per heavy atom. The van der Waals surface area contributed by atoms with Crippen LogP contribution in [0.15, 0.2) is 0 Å². The highest BCUT2D eigenvalue weighted by atomic mass is 16.5. The maximum Gasteiger partial charge on any atom is 0.319 e. The van der Waals surface area contributed by atoms with E-state index >= 15 is 0 Å². The Bertz CT molecular complexity index is 261. The Balaban J connectivity index is 2.04. The third kappa shape index (κ3) is 2.20. The molecule has 2 fully saturated rings. The predicted octanol–water partition coefficient (Wildman–Crippen LogP) is 0.745. The summed E-state index contributed by atoms with van der Waals surface area (Å²) in [5.74, 6) is 0.159. The monoisotopic (exact) mass is 211 g/mol. The molecule has 0 saturated carbocycles. The molecule has 0 aromatic rings. The summed E-state index contributed by atoms with van der Waals surface area (Å²) in [6, 6.07) is 0.563. The number of piperidine rings is 2. The van der Waals surface area contributed by atoms with Crippen LogP contribution in [0.3, 0.4) is 0 Å². The quantitative estimate of drug-likeness (QED) is 0.632. The van der Waals surface area contributed by atoms with Crippen LogP contribution in [-0.2, 0) is 14.3 Å². The Morgan fingerprint density at radius 2 is 2.00 bits per heavy atom. The molecule has 4 heteroatoms. The van der Waals surface area contributed by atoms with Crippen molar-refractivity contribution in [1.82, 2.24) is 4.90 Å². The first-order chi connectivity index (χ1) is 7.20. The molecule has 2 aliphatic rings. The van der Waals surface area contributed by atoms with Gasteiger partial charge in [0.05, 0.1) is 13.7 Å². The average molecular weight is 211 g/mol. The van der Waals surface area contributed by atoms with Gasteiger partial charge in [0, 0.05) is 24.9 Å². The van der Waals surface area contributed by atoms with Gasteiger partial charge in [0.1, 0.15) is 5.78 Å². The van der Waals surface area contributed by atoms with Gasteiger partial charge in [-0.3, -0.25) is 14.5 Å². The third-order valence-corrected chi connectivity index (χ3v) is 3.48. The SMILES string of the molecule is COC(=O)CN1C2CCCC1CC(=O)C2. The maximum atomic E-state index is 11.4. The van der Waals surface area contributed by atoms with Gasteiger partial charge >= 0.3 is 5.97 Å². The number of hydrogen-bond acceptors (Lipinski definition) is 4. The Kier molecular flexibility index (Phi) is 3.05. The zero-order valence-electron chi connectivity index (χ0n) is 9.07. The van der Waals surface area contributed by atoms with Gasteiger partial charge in [-0.25, -0.2) is 0 Å². The lowest BCUT2D eigenvalue weighted by molar-refractivity contribution is -0.146. The highest BCUT2D eigenvalue weighted by Crippen LogP contribution is 2.31. The van der Waals surface area contributed by atoms with Crippen LogP contribution in [-0.4, -0.2) is 42.4 Å². The highest BCUT2D eigenvalue weighted by Gasteiger charge is 2.38. The van der Waals surface area contributed by atoms with Crippen LogP contribution in [0.4, 0.5) is 0 Å². The molecule has 0 aromatic heterocycles. The van der Waals surface area contributed by atoms with Crippen molar-refractivity contribution in [1.29, 1.82) is 0 Å². The topological polar surface area (TPSA) is 46.6 Å². The van der Waals surface area contributed by atoms with E-state index in [1.54, 1.807) is 0 Å². The lowest BCUT2D eigenvalue weighted by atomic mass is 9.84. The summed E-state index contributed by atoms with van der Waals surface area (Å²) < 4.78 is 4.68. The van der Waals surface area contributed by atoms with Crippen LogP contribution in [0.2, 0.25) is 0 Å². The van der Waals surface area contributed by atoms with Crippen LogP contribution in [0.25, 0.3) is 0 Å². The van der Waals surface area contributed by atoms with E-state index in [0.29, 0.717) is 25.2 Å². The minimum atomic E-state index is -0.193. The summed E-state index contributed by atoms with van der Waals surface area (Å²) in [4.78, 5) is 24.8. The molecule has 2 bridgehead atoms. The number of rotatable bonds is 2. The predicted molar refractivity (Wildman–Crippen MR) is 54.4 cm³/mol. The van der Waals surface area contributed by atoms with Crippen LogP contribution >= 0.6 is 0 Å². The molecule has 0 spiro atoms. The summed E-state index contributed by atoms with van der Waals surface area (Å²) in [6.07, 6.45) is 4.50. The van der Waals surface area contributed by atoms with Gasteiger partial charge in [0.2, 0.25) is 0 Å². The van der Waals surface area contributed by atoms with E-state index in [0.717, 1.165) is 12.8 Å². The number of Topliss-reactive ketones (excluding diaryl/α,β-unsaturated/α-hetero) is 1. The van der Waals surface area contributed by atoms with Crippen molar-refractivity contribution in [2.45, 2.75) is 44.2 Å². The van der Waals surface area contributed by atoms with Gasteiger partial charge < -0.3 is 4.74 Å². The summed E-state index contributed by atoms with van der Waals surface area (Å²) in [5, 5.41) is 0. The zero-order valence-corrected chi connectivity index (χ0v) is 9.07. The molecule has 2 unspecified atom stereocenters. The molecule has 2 atom stereocenters. The molecule has 2 heterocycles. The average Bonchev–Trinajstić information content (AvgIpc) is 2.19. The van der Waals surface area contributed by atoms with E-state index in [-0.39, 0.29) is 18.1 Å². The van der Waals surface area contributed by atoms with Crippen molar-refractivity contribution >= 4 is 11.8 Å². The Labute approximate surface area is 89.6 Å². The molecule has 84 valence electrons. The molecule has 0 aliphatic carbocycles. The highest BCUT2D eigenvalue weighted by molar-refractivity contribution is 5.81. The second kappa shape index (κ2) is 4.31. The molecule has 0 radical (unpaired) electrons. The van der Waals surface area contributed by atoms with E-state index < -0.39 is 0 Å². The van der Waals surface area contributed by atoms with Crippen LogP contribution in [0.5, 0.6) is 0 Å². The summed E-state index contributed by atoms with van der Waals surface area (Å²) >= 11 is 0. The maximum absolute atomic E-state index is 11.4. The first-order valence-electron chi connectivity index (χ1n) is 5.55. The minimum Gasteiger partial charge on any atom is -0.468 e. The second-order valence-corrected chi connectivity index (χ2v) is 4.43. The van der Waals surface area contributed by atoms with Crippen LogP contribution in [0.1, 0.15) is 32.1 Å². The standard InChI is InChI=1S/C11H17NO3/c1-15-11(14)7-12-8-3-2-4-9(12)6-10(13)5-8/h8-9H,2-7H2,1H3. The van der Waals surface area contributed by atoms with E-state index in [2.05, 4.69) is 9.64 Å². The lowest BCUT2D eigenvalue weighted by Crippen LogP contribution is -2.54. The number of hydrogen-bond donors (Lipinski definition) is 0. The number of nitrogens with zero attached hydrogens (tertiary/aromatic N) is 1. The first-order valence-corrected chi connectivity index (χ1v) is 5.55. The number of methoxy groups -OCH3 is 1. The van der Waals surface area contributed by atoms with Crippen molar-refractivity contribution in [3.8, 4) is 0 Å². The molecule has 2 aliphatic heterocycles. The summed E-state index contributed by atoms with van der Waals surface area (Å²) in [6.45, 7) is 0.346. The van der Waals surface area contributed by atoms with E-state index in [1.165, 1.54) is 13.5 Å². The minimum absolute atomic E-state index is 0.193. The summed E-state index contributed by atoms with van der Waals surface area (Å²) in [7, 11) is 1.41. The van der Waals surface area contributed by atoms with Crippen molar-refractivity contribution in [3.05, 3.63) is 0 Å². The third-order valence-electron chi connectivity index (χ3n) is 3.48. The van der Waals surface area contributed by atoms with Gasteiger partial charge in [-0.15, -0.1) is 0 Å². The van der Waals surface area contributed by atoms with E-state index in [1.807, 2.05) is 0 Å². The number of ether oxygens (including phenoxy) is 1. The fourth-order valence-electron chi connectivity index (χ4n) is 2.74. The smallest absolute Gasteiger partial charge is 0.319 e. The normalized spacial score (nSPS) is 31.4. The van der Waals surface area contributed by atoms with Gasteiger partial charge in [0.15, 0.2) is 0 Å². The van der Waals surface area contributed by atoms with E-state index in [9.17, 15) is 9.59 Å². The number of fused-ring (bicyclic) bond motifs is 2. The molecule has 15 heavy (non-hydrogen) atoms. The van der Waals surface area contributed by atoms with Crippen molar-refractivity contribution in [2.24, 2.45) is 0 Å². The molecular formula is C11H17NO3. The number of carbonyl (C=O) groups is 2. The van der Waals surface area contributed by atoms with Gasteiger partial charge in [-0.2, -0.15) is 0 Å². The molecule has 2 rings (SSSR count). The van der Waals surface area contributed by atoms with Crippen molar-refractivity contribution in [2.75, 3.05) is 13.7 Å². The number of ketones is 1. The number of esters is 1. The van der Waals surface area contributed by atoms with E-state index in [4.69, 9.17) is 0 Å². The van der Waals surface area contributed by atoms with Crippen LogP contribution in [0, 0.1) is 0 Å². The second-order valence-electron chi connectivity index (χ2n) is 4.43. The molecule has 4 nitrogen and oxygen atoms in total. The fraction of sp³-hybridized carbons (Fsp3) is 0.818. The van der Waals surface area contributed by atoms with Gasteiger partial charge in [-0.05, 0) is 12.8 Å². The van der Waals surface area contributed by atoms with Crippen molar-refractivity contribution in [3.63, 3.8) is 0 Å². The molecular weight excluding hydrogens is 194 g/mol. The largest absolute Gasteiger partial charge is 0.468 e. The first kappa shape index (κ1) is 10.6. The molecule has 0 aromatic carbocycles. The van der Waals surface area contributed by atoms with Crippen LogP contribution < -0.4 is 0 Å². The fourth-order valence-corrected chi connectivity index (χ4v) is 2.74. The molecule has 2 saturated heterocycles. The molecule has 0 N–H and O–H groups in total. The Hall–Kier alpha value is -0.900. The zero-order chi connectivity index (χ0) is 10.8. The number of carbonyl (C=O) groups excluding carboxylic acids is 2. The van der Waals surface area contributed by atoms with Crippen molar-refractivity contribution < 1.29 is 14.3 Å². The Morgan fingerprint density at radius 3 is 2.53 bits per heavy atom. The summed E-state index contributed by atoms with van der Waals surface area (Å²) in [5.41, 5.74) is 0. The van der Waals surface area contributed by atoms with Gasteiger partial charge in [0.25, 0.3) is 0 Å². The van der Waals surface area contributed by atoms with Gasteiger partial charge in [-0.1, -0.05) is 6.42 Å². The lowest BCUT2D eigenvalue weighted by Gasteiger charge is -2.44.